The van der Waals surface area contributed by atoms with Crippen LogP contribution in [0.25, 0.3) is 21.8 Å². The average Bonchev–Trinajstić information content (AvgIpc) is 3.24. The van der Waals surface area contributed by atoms with E-state index in [1.54, 1.807) is 6.20 Å². The summed E-state index contributed by atoms with van der Waals surface area (Å²) in [4.78, 5) is 15.2. The van der Waals surface area contributed by atoms with Crippen LogP contribution in [-0.2, 0) is 24.3 Å². The summed E-state index contributed by atoms with van der Waals surface area (Å²) in [7, 11) is 2.14. The number of rotatable bonds is 3. The van der Waals surface area contributed by atoms with Crippen molar-refractivity contribution >= 4 is 49.3 Å². The van der Waals surface area contributed by atoms with Gasteiger partial charge in [-0.3, -0.25) is 9.89 Å². The van der Waals surface area contributed by atoms with Crippen LogP contribution < -0.4 is 5.32 Å². The molecule has 0 unspecified atom stereocenters. The zero-order valence-corrected chi connectivity index (χ0v) is 17.1. The summed E-state index contributed by atoms with van der Waals surface area (Å²) in [5.41, 5.74) is 5.46. The second-order valence-corrected chi connectivity index (χ2v) is 8.30. The number of carbonyl (C=O) groups excluding carboxylic acids is 1. The molecule has 2 aromatic carbocycles. The Morgan fingerprint density at radius 1 is 1.29 bits per heavy atom. The van der Waals surface area contributed by atoms with Crippen LogP contribution in [0.5, 0.6) is 0 Å². The van der Waals surface area contributed by atoms with Crippen LogP contribution in [0.15, 0.2) is 47.1 Å². The monoisotopic (exact) mass is 437 g/mol. The van der Waals surface area contributed by atoms with Gasteiger partial charge in [-0.15, -0.1) is 0 Å². The fourth-order valence-electron chi connectivity index (χ4n) is 4.10. The predicted octanol–water partition coefficient (Wildman–Crippen LogP) is 3.91. The highest BCUT2D eigenvalue weighted by Gasteiger charge is 2.23. The first kappa shape index (κ1) is 17.5. The Morgan fingerprint density at radius 2 is 2.18 bits per heavy atom. The lowest BCUT2D eigenvalue weighted by Gasteiger charge is -2.24. The molecule has 0 radical (unpaired) electrons. The number of carbonyl (C=O) groups is 1. The molecule has 1 aliphatic rings. The number of hydrogen-bond donors (Lipinski definition) is 2. The highest BCUT2D eigenvalue weighted by Crippen LogP contribution is 2.32. The molecular formula is C21H20BrN5O. The highest BCUT2D eigenvalue weighted by atomic mass is 79.9. The van der Waals surface area contributed by atoms with E-state index in [4.69, 9.17) is 0 Å². The van der Waals surface area contributed by atoms with Crippen molar-refractivity contribution in [3.8, 4) is 0 Å². The number of nitrogens with one attached hydrogen (secondary N) is 2. The summed E-state index contributed by atoms with van der Waals surface area (Å²) >= 11 is 3.59. The maximum atomic E-state index is 12.8. The summed E-state index contributed by atoms with van der Waals surface area (Å²) in [6, 6.07) is 12.1. The van der Waals surface area contributed by atoms with Gasteiger partial charge in [-0.2, -0.15) is 5.10 Å². The molecule has 0 saturated carbocycles. The summed E-state index contributed by atoms with van der Waals surface area (Å²) < 4.78 is 3.24. The van der Waals surface area contributed by atoms with Crippen molar-refractivity contribution in [3.63, 3.8) is 0 Å². The molecule has 28 heavy (non-hydrogen) atoms. The third-order valence-electron chi connectivity index (χ3n) is 5.43. The van der Waals surface area contributed by atoms with Crippen LogP contribution in [0.2, 0.25) is 0 Å². The van der Waals surface area contributed by atoms with E-state index >= 15 is 0 Å². The van der Waals surface area contributed by atoms with Crippen molar-refractivity contribution in [1.29, 1.82) is 0 Å². The Hall–Kier alpha value is -2.64. The van der Waals surface area contributed by atoms with Crippen LogP contribution in [0.3, 0.4) is 0 Å². The minimum atomic E-state index is -0.0237. The van der Waals surface area contributed by atoms with Gasteiger partial charge in [0.1, 0.15) is 6.54 Å². The summed E-state index contributed by atoms with van der Waals surface area (Å²) in [6.45, 7) is 2.22. The molecule has 5 rings (SSSR count). The number of aromatic amines is 1. The van der Waals surface area contributed by atoms with E-state index < -0.39 is 0 Å². The molecule has 2 aromatic heterocycles. The smallest absolute Gasteiger partial charge is 0.244 e. The first-order valence-electron chi connectivity index (χ1n) is 9.29. The number of anilines is 1. The summed E-state index contributed by atoms with van der Waals surface area (Å²) in [5, 5.41) is 12.2. The largest absolute Gasteiger partial charge is 0.335 e. The molecule has 1 amide bonds. The minimum absolute atomic E-state index is 0.0237. The van der Waals surface area contributed by atoms with Gasteiger partial charge >= 0.3 is 0 Å². The molecule has 0 fully saturated rings. The van der Waals surface area contributed by atoms with Crippen molar-refractivity contribution in [1.82, 2.24) is 19.7 Å². The Bertz CT molecular complexity index is 1210. The van der Waals surface area contributed by atoms with Gasteiger partial charge in [-0.25, -0.2) is 0 Å². The molecule has 3 heterocycles. The number of benzene rings is 2. The maximum Gasteiger partial charge on any atom is 0.244 e. The molecule has 0 bridgehead atoms. The van der Waals surface area contributed by atoms with E-state index in [-0.39, 0.29) is 5.91 Å². The molecule has 0 aliphatic carbocycles. The average molecular weight is 438 g/mol. The van der Waals surface area contributed by atoms with Gasteiger partial charge in [0, 0.05) is 51.7 Å². The van der Waals surface area contributed by atoms with Crippen molar-refractivity contribution in [2.45, 2.75) is 19.5 Å². The Labute approximate surface area is 170 Å². The lowest BCUT2D eigenvalue weighted by molar-refractivity contribution is -0.116. The van der Waals surface area contributed by atoms with Crippen LogP contribution >= 0.6 is 15.9 Å². The van der Waals surface area contributed by atoms with Crippen LogP contribution in [-0.4, -0.2) is 39.2 Å². The molecule has 7 heteroatoms. The Morgan fingerprint density at radius 3 is 3.07 bits per heavy atom. The standard InChI is InChI=1S/C21H20BrN5O/c1-26-7-6-20-17(11-26)16-9-14(22)2-5-19(16)27(20)12-21(28)24-15-3-4-18-13(8-15)10-23-25-18/h2-5,8-10H,6-7,11-12H2,1H3,(H,23,25)(H,24,28). The van der Waals surface area contributed by atoms with Gasteiger partial charge < -0.3 is 14.8 Å². The number of nitrogens with zero attached hydrogens (tertiary/aromatic N) is 3. The third kappa shape index (κ3) is 3.00. The van der Waals surface area contributed by atoms with Gasteiger partial charge in [0.15, 0.2) is 0 Å². The number of hydrogen-bond acceptors (Lipinski definition) is 3. The normalized spacial score (nSPS) is 14.5. The maximum absolute atomic E-state index is 12.8. The van der Waals surface area contributed by atoms with Gasteiger partial charge in [0.05, 0.1) is 11.7 Å². The van der Waals surface area contributed by atoms with E-state index in [9.17, 15) is 4.79 Å². The van der Waals surface area contributed by atoms with Crippen molar-refractivity contribution in [3.05, 3.63) is 58.3 Å². The highest BCUT2D eigenvalue weighted by molar-refractivity contribution is 9.10. The Kier molecular flexibility index (Phi) is 4.21. The lowest BCUT2D eigenvalue weighted by atomic mass is 10.1. The molecule has 1 aliphatic heterocycles. The second-order valence-electron chi connectivity index (χ2n) is 7.38. The third-order valence-corrected chi connectivity index (χ3v) is 5.93. The van der Waals surface area contributed by atoms with Crippen molar-refractivity contribution in [2.24, 2.45) is 0 Å². The second kappa shape index (κ2) is 6.76. The van der Waals surface area contributed by atoms with E-state index in [2.05, 4.69) is 60.1 Å². The fourth-order valence-corrected chi connectivity index (χ4v) is 4.46. The Balaban J connectivity index is 1.48. The first-order valence-corrected chi connectivity index (χ1v) is 10.1. The zero-order chi connectivity index (χ0) is 19.3. The van der Waals surface area contributed by atoms with E-state index in [0.29, 0.717) is 6.54 Å². The minimum Gasteiger partial charge on any atom is -0.335 e. The number of amides is 1. The van der Waals surface area contributed by atoms with Crippen LogP contribution in [0.1, 0.15) is 11.3 Å². The zero-order valence-electron chi connectivity index (χ0n) is 15.5. The predicted molar refractivity (Wildman–Crippen MR) is 114 cm³/mol. The summed E-state index contributed by atoms with van der Waals surface area (Å²) in [5.74, 6) is -0.0237. The van der Waals surface area contributed by atoms with E-state index in [1.807, 2.05) is 24.3 Å². The molecule has 2 N–H and O–H groups in total. The molecular weight excluding hydrogens is 418 g/mol. The van der Waals surface area contributed by atoms with E-state index in [1.165, 1.54) is 16.6 Å². The number of halogens is 1. The molecule has 0 spiro atoms. The quantitative estimate of drug-likeness (QED) is 0.510. The van der Waals surface area contributed by atoms with Gasteiger partial charge in [0.2, 0.25) is 5.91 Å². The number of fused-ring (bicyclic) bond motifs is 4. The molecule has 142 valence electrons. The molecule has 4 aromatic rings. The van der Waals surface area contributed by atoms with Crippen molar-refractivity contribution < 1.29 is 4.79 Å². The number of aromatic nitrogens is 3. The van der Waals surface area contributed by atoms with Gasteiger partial charge in [-0.1, -0.05) is 15.9 Å². The molecule has 0 atom stereocenters. The van der Waals surface area contributed by atoms with Crippen LogP contribution in [0.4, 0.5) is 5.69 Å². The van der Waals surface area contributed by atoms with Gasteiger partial charge in [-0.05, 0) is 49.0 Å². The molecule has 0 saturated heterocycles. The number of H-pyrrole nitrogens is 1. The fraction of sp³-hybridized carbons (Fsp3) is 0.238. The number of likely N-dealkylation sites (N-methyl/N-ethyl adjacent to an activating group) is 1. The first-order chi connectivity index (χ1) is 13.6. The SMILES string of the molecule is CN1CCc2c(c3cc(Br)ccc3n2CC(=O)Nc2ccc3[nH]ncc3c2)C1. The molecule has 6 nitrogen and oxygen atoms in total. The van der Waals surface area contributed by atoms with E-state index in [0.717, 1.165) is 46.1 Å². The summed E-state index contributed by atoms with van der Waals surface area (Å²) in [6.07, 6.45) is 2.71. The van der Waals surface area contributed by atoms with Crippen molar-refractivity contribution in [2.75, 3.05) is 18.9 Å². The van der Waals surface area contributed by atoms with Crippen LogP contribution in [0, 0.1) is 0 Å². The lowest BCUT2D eigenvalue weighted by Crippen LogP contribution is -2.28. The topological polar surface area (TPSA) is 66.0 Å². The van der Waals surface area contributed by atoms with Gasteiger partial charge in [0.25, 0.3) is 0 Å².